The molecule has 0 saturated heterocycles. The van der Waals surface area contributed by atoms with Crippen molar-refractivity contribution in [3.63, 3.8) is 0 Å². The molecule has 5 rings (SSSR count). The molecule has 1 N–H and O–H groups in total. The molecule has 0 radical (unpaired) electrons. The molecular formula is C21H13N3O3S3. The Morgan fingerprint density at radius 1 is 0.900 bits per heavy atom. The zero-order chi connectivity index (χ0) is 20.7. The van der Waals surface area contributed by atoms with E-state index in [0.717, 1.165) is 25.2 Å². The van der Waals surface area contributed by atoms with Crippen molar-refractivity contribution in [3.05, 3.63) is 70.4 Å². The van der Waals surface area contributed by atoms with Gasteiger partial charge in [-0.15, -0.1) is 22.7 Å². The van der Waals surface area contributed by atoms with E-state index in [1.54, 1.807) is 46.9 Å². The second kappa shape index (κ2) is 7.60. The Morgan fingerprint density at radius 2 is 1.53 bits per heavy atom. The first-order valence-corrected chi connectivity index (χ1v) is 11.5. The lowest BCUT2D eigenvalue weighted by molar-refractivity contribution is -0.116. The lowest BCUT2D eigenvalue weighted by Gasteiger charge is -2.12. The number of anilines is 1. The highest BCUT2D eigenvalue weighted by molar-refractivity contribution is 7.24. The predicted molar refractivity (Wildman–Crippen MR) is 119 cm³/mol. The normalized spacial score (nSPS) is 13.0. The molecule has 3 aromatic heterocycles. The van der Waals surface area contributed by atoms with Crippen LogP contribution < -0.4 is 5.32 Å². The van der Waals surface area contributed by atoms with Gasteiger partial charge in [0.05, 0.1) is 20.9 Å². The summed E-state index contributed by atoms with van der Waals surface area (Å²) >= 11 is 4.56. The van der Waals surface area contributed by atoms with Gasteiger partial charge in [0, 0.05) is 4.88 Å². The predicted octanol–water partition coefficient (Wildman–Crippen LogP) is 4.83. The summed E-state index contributed by atoms with van der Waals surface area (Å²) in [7, 11) is 0. The van der Waals surface area contributed by atoms with Gasteiger partial charge >= 0.3 is 0 Å². The molecule has 1 aliphatic heterocycles. The number of carbonyl (C=O) groups excluding carboxylic acids is 3. The molecule has 3 amide bonds. The molecule has 0 spiro atoms. The molecule has 0 atom stereocenters. The summed E-state index contributed by atoms with van der Waals surface area (Å²) in [4.78, 5) is 46.2. The fourth-order valence-electron chi connectivity index (χ4n) is 3.21. The van der Waals surface area contributed by atoms with Gasteiger partial charge < -0.3 is 5.32 Å². The van der Waals surface area contributed by atoms with Gasteiger partial charge in [0.15, 0.2) is 5.13 Å². The molecule has 4 aromatic rings. The van der Waals surface area contributed by atoms with Crippen molar-refractivity contribution in [1.82, 2.24) is 9.88 Å². The lowest BCUT2D eigenvalue weighted by atomic mass is 10.1. The standard InChI is InChI=1S/C21H13N3O3S3/c25-16(11-24-19(26)12-5-1-2-6-13(12)20(24)27)22-21-23-17(14-7-3-9-28-14)18(30-21)15-8-4-10-29-15/h1-10H,11H2,(H,22,23,25). The molecular weight excluding hydrogens is 438 g/mol. The Balaban J connectivity index is 1.38. The summed E-state index contributed by atoms with van der Waals surface area (Å²) in [6, 6.07) is 14.5. The van der Waals surface area contributed by atoms with E-state index in [-0.39, 0.29) is 6.54 Å². The Labute approximate surface area is 183 Å². The van der Waals surface area contributed by atoms with E-state index in [2.05, 4.69) is 10.3 Å². The number of rotatable bonds is 5. The first-order chi connectivity index (χ1) is 14.6. The molecule has 9 heteroatoms. The largest absolute Gasteiger partial charge is 0.300 e. The van der Waals surface area contributed by atoms with Crippen LogP contribution >= 0.6 is 34.0 Å². The van der Waals surface area contributed by atoms with Crippen LogP contribution in [0.4, 0.5) is 5.13 Å². The minimum absolute atomic E-state index is 0.324. The van der Waals surface area contributed by atoms with E-state index >= 15 is 0 Å². The number of aromatic nitrogens is 1. The monoisotopic (exact) mass is 451 g/mol. The first kappa shape index (κ1) is 18.9. The number of hydrogen-bond acceptors (Lipinski definition) is 7. The summed E-state index contributed by atoms with van der Waals surface area (Å²) in [5.74, 6) is -1.37. The summed E-state index contributed by atoms with van der Waals surface area (Å²) in [5, 5.41) is 7.16. The van der Waals surface area contributed by atoms with Gasteiger partial charge in [-0.1, -0.05) is 35.6 Å². The number of carbonyl (C=O) groups is 3. The fraction of sp³-hybridized carbons (Fsp3) is 0.0476. The molecule has 148 valence electrons. The van der Waals surface area contributed by atoms with Gasteiger partial charge in [-0.3, -0.25) is 19.3 Å². The van der Waals surface area contributed by atoms with Crippen molar-refractivity contribution in [2.75, 3.05) is 11.9 Å². The number of thiophene rings is 2. The molecule has 4 heterocycles. The number of nitrogens with one attached hydrogen (secondary N) is 1. The van der Waals surface area contributed by atoms with Gasteiger partial charge in [-0.2, -0.15) is 0 Å². The maximum absolute atomic E-state index is 12.6. The van der Waals surface area contributed by atoms with Gasteiger partial charge in [-0.05, 0) is 35.0 Å². The number of amides is 3. The van der Waals surface area contributed by atoms with Crippen molar-refractivity contribution in [3.8, 4) is 20.3 Å². The minimum atomic E-state index is -0.464. The van der Waals surface area contributed by atoms with Crippen LogP contribution in [-0.2, 0) is 4.79 Å². The van der Waals surface area contributed by atoms with E-state index in [1.807, 2.05) is 35.0 Å². The number of nitrogens with zero attached hydrogens (tertiary/aromatic N) is 2. The highest BCUT2D eigenvalue weighted by Gasteiger charge is 2.36. The highest BCUT2D eigenvalue weighted by atomic mass is 32.1. The fourth-order valence-corrected chi connectivity index (χ4v) is 5.85. The maximum Gasteiger partial charge on any atom is 0.262 e. The van der Waals surface area contributed by atoms with E-state index in [1.165, 1.54) is 11.3 Å². The molecule has 0 fully saturated rings. The molecule has 30 heavy (non-hydrogen) atoms. The van der Waals surface area contributed by atoms with Crippen LogP contribution in [0.3, 0.4) is 0 Å². The van der Waals surface area contributed by atoms with Gasteiger partial charge in [-0.25, -0.2) is 4.98 Å². The third kappa shape index (κ3) is 3.26. The maximum atomic E-state index is 12.6. The highest BCUT2D eigenvalue weighted by Crippen LogP contribution is 2.42. The average Bonchev–Trinajstić information content (AvgIpc) is 3.53. The Kier molecular flexibility index (Phi) is 4.78. The summed E-state index contributed by atoms with van der Waals surface area (Å²) < 4.78 is 0. The first-order valence-electron chi connectivity index (χ1n) is 8.95. The molecule has 0 aliphatic carbocycles. The number of imide groups is 1. The van der Waals surface area contributed by atoms with Crippen LogP contribution in [0.5, 0.6) is 0 Å². The van der Waals surface area contributed by atoms with Gasteiger partial charge in [0.25, 0.3) is 11.8 Å². The van der Waals surface area contributed by atoms with Crippen molar-refractivity contribution in [2.45, 2.75) is 0 Å². The lowest BCUT2D eigenvalue weighted by Crippen LogP contribution is -2.37. The van der Waals surface area contributed by atoms with Crippen LogP contribution in [0.1, 0.15) is 20.7 Å². The van der Waals surface area contributed by atoms with Crippen LogP contribution in [0, 0.1) is 0 Å². The zero-order valence-electron chi connectivity index (χ0n) is 15.3. The molecule has 0 saturated carbocycles. The number of fused-ring (bicyclic) bond motifs is 1. The van der Waals surface area contributed by atoms with Crippen LogP contribution in [0.25, 0.3) is 20.3 Å². The second-order valence-electron chi connectivity index (χ2n) is 6.44. The third-order valence-corrected chi connectivity index (χ3v) is 7.45. The Bertz CT molecular complexity index is 1170. The van der Waals surface area contributed by atoms with E-state index in [4.69, 9.17) is 0 Å². The van der Waals surface area contributed by atoms with Crippen LogP contribution in [0.2, 0.25) is 0 Å². The topological polar surface area (TPSA) is 79.4 Å². The quantitative estimate of drug-likeness (QED) is 0.441. The van der Waals surface area contributed by atoms with Crippen molar-refractivity contribution < 1.29 is 14.4 Å². The Morgan fingerprint density at radius 3 is 2.13 bits per heavy atom. The summed E-state index contributed by atoms with van der Waals surface area (Å²) in [5.41, 5.74) is 1.46. The number of hydrogen-bond donors (Lipinski definition) is 1. The van der Waals surface area contributed by atoms with E-state index < -0.39 is 17.7 Å². The zero-order valence-corrected chi connectivity index (χ0v) is 17.8. The van der Waals surface area contributed by atoms with Crippen molar-refractivity contribution in [1.29, 1.82) is 0 Å². The molecule has 1 aromatic carbocycles. The molecule has 1 aliphatic rings. The number of thiazole rings is 1. The van der Waals surface area contributed by atoms with E-state index in [9.17, 15) is 14.4 Å². The smallest absolute Gasteiger partial charge is 0.262 e. The Hall–Kier alpha value is -3.14. The summed E-state index contributed by atoms with van der Waals surface area (Å²) in [6.07, 6.45) is 0. The van der Waals surface area contributed by atoms with E-state index in [0.29, 0.717) is 16.3 Å². The van der Waals surface area contributed by atoms with Gasteiger partial charge in [0.1, 0.15) is 12.2 Å². The third-order valence-electron chi connectivity index (χ3n) is 4.55. The molecule has 0 bridgehead atoms. The summed E-state index contributed by atoms with van der Waals surface area (Å²) in [6.45, 7) is -0.353. The van der Waals surface area contributed by atoms with Crippen LogP contribution in [0.15, 0.2) is 59.3 Å². The van der Waals surface area contributed by atoms with Crippen molar-refractivity contribution >= 4 is 56.9 Å². The second-order valence-corrected chi connectivity index (χ2v) is 9.34. The molecule has 0 unspecified atom stereocenters. The van der Waals surface area contributed by atoms with Gasteiger partial charge in [0.2, 0.25) is 5.91 Å². The number of benzene rings is 1. The average molecular weight is 452 g/mol. The van der Waals surface area contributed by atoms with Crippen molar-refractivity contribution in [2.24, 2.45) is 0 Å². The molecule has 6 nitrogen and oxygen atoms in total. The van der Waals surface area contributed by atoms with Crippen LogP contribution in [-0.4, -0.2) is 34.2 Å². The SMILES string of the molecule is O=C(CN1C(=O)c2ccccc2C1=O)Nc1nc(-c2cccs2)c(-c2cccs2)s1. The minimum Gasteiger partial charge on any atom is -0.300 e.